The molecule has 0 aliphatic heterocycles. The summed E-state index contributed by atoms with van der Waals surface area (Å²) in [6.45, 7) is 1.51. The quantitative estimate of drug-likeness (QED) is 0.569. The van der Waals surface area contributed by atoms with Crippen LogP contribution >= 0.6 is 23.4 Å². The Morgan fingerprint density at radius 2 is 1.66 bits per heavy atom. The second-order valence-corrected chi connectivity index (χ2v) is 7.55. The molecule has 5 nitrogen and oxygen atoms in total. The maximum atomic E-state index is 13.1. The molecule has 0 saturated carbocycles. The van der Waals surface area contributed by atoms with E-state index < -0.39 is 29.4 Å². The third-order valence-corrected chi connectivity index (χ3v) is 5.15. The predicted molar refractivity (Wildman–Crippen MR) is 102 cm³/mol. The lowest BCUT2D eigenvalue weighted by Crippen LogP contribution is -2.52. The highest BCUT2D eigenvalue weighted by atomic mass is 35.5. The van der Waals surface area contributed by atoms with Gasteiger partial charge in [0.25, 0.3) is 5.91 Å². The van der Waals surface area contributed by atoms with Crippen LogP contribution in [0.15, 0.2) is 46.2 Å². The summed E-state index contributed by atoms with van der Waals surface area (Å²) in [7, 11) is 0. The minimum absolute atomic E-state index is 0.0398. The fourth-order valence-corrected chi connectivity index (χ4v) is 3.27. The van der Waals surface area contributed by atoms with Crippen LogP contribution in [0.1, 0.15) is 13.8 Å². The number of anilines is 2. The van der Waals surface area contributed by atoms with E-state index in [1.54, 1.807) is 0 Å². The zero-order chi connectivity index (χ0) is 22.0. The van der Waals surface area contributed by atoms with E-state index >= 15 is 0 Å². The molecule has 156 valence electrons. The van der Waals surface area contributed by atoms with Gasteiger partial charge in [0.1, 0.15) is 5.82 Å². The van der Waals surface area contributed by atoms with Gasteiger partial charge in [-0.15, -0.1) is 0 Å². The molecule has 0 aliphatic carbocycles. The number of carbonyl (C=O) groups excluding carboxylic acids is 2. The first-order valence-electron chi connectivity index (χ1n) is 7.97. The molecule has 0 saturated heterocycles. The highest BCUT2D eigenvalue weighted by Gasteiger charge is 2.55. The van der Waals surface area contributed by atoms with Crippen LogP contribution in [0.5, 0.6) is 0 Å². The number of hydrogen-bond donors (Lipinski definition) is 3. The van der Waals surface area contributed by atoms with Crippen molar-refractivity contribution in [1.29, 1.82) is 0 Å². The van der Waals surface area contributed by atoms with Gasteiger partial charge in [-0.25, -0.2) is 4.39 Å². The second kappa shape index (κ2) is 8.60. The highest BCUT2D eigenvalue weighted by molar-refractivity contribution is 7.99. The van der Waals surface area contributed by atoms with Crippen molar-refractivity contribution >= 4 is 46.6 Å². The van der Waals surface area contributed by atoms with E-state index in [0.717, 1.165) is 11.8 Å². The first-order chi connectivity index (χ1) is 13.3. The Morgan fingerprint density at radius 3 is 2.17 bits per heavy atom. The van der Waals surface area contributed by atoms with E-state index in [9.17, 15) is 32.3 Å². The third-order valence-electron chi connectivity index (χ3n) is 3.69. The second-order valence-electron chi connectivity index (χ2n) is 6.06. The standard InChI is InChI=1S/C18H15ClF4N2O3S/c1-9(26)24-15-13(29-11-5-3-10(20)4-6-11)8-7-12(14(15)19)25-16(27)17(2,28)18(21,22)23/h3-8,28H,1-2H3,(H,24,26)(H,25,27). The average molecular weight is 451 g/mol. The molecular formula is C18H15ClF4N2O3S. The van der Waals surface area contributed by atoms with Crippen LogP contribution in [0.25, 0.3) is 0 Å². The third kappa shape index (κ3) is 5.40. The fraction of sp³-hybridized carbons (Fsp3) is 0.222. The molecule has 0 radical (unpaired) electrons. The summed E-state index contributed by atoms with van der Waals surface area (Å²) >= 11 is 7.30. The molecule has 29 heavy (non-hydrogen) atoms. The number of benzene rings is 2. The average Bonchev–Trinajstić information content (AvgIpc) is 2.60. The van der Waals surface area contributed by atoms with Crippen LogP contribution in [0.4, 0.5) is 28.9 Å². The summed E-state index contributed by atoms with van der Waals surface area (Å²) in [6.07, 6.45) is -5.21. The monoisotopic (exact) mass is 450 g/mol. The first-order valence-corrected chi connectivity index (χ1v) is 9.16. The zero-order valence-corrected chi connectivity index (χ0v) is 16.6. The van der Waals surface area contributed by atoms with Crippen LogP contribution in [0, 0.1) is 5.82 Å². The number of halogens is 5. The van der Waals surface area contributed by atoms with Crippen molar-refractivity contribution in [3.63, 3.8) is 0 Å². The molecule has 2 amide bonds. The van der Waals surface area contributed by atoms with Crippen molar-refractivity contribution in [2.75, 3.05) is 10.6 Å². The summed E-state index contributed by atoms with van der Waals surface area (Å²) in [5.41, 5.74) is -3.85. The van der Waals surface area contributed by atoms with Gasteiger partial charge in [0.05, 0.1) is 16.4 Å². The number of aliphatic hydroxyl groups is 1. The molecule has 11 heteroatoms. The maximum Gasteiger partial charge on any atom is 0.426 e. The van der Waals surface area contributed by atoms with E-state index in [0.29, 0.717) is 16.7 Å². The molecule has 1 unspecified atom stereocenters. The zero-order valence-electron chi connectivity index (χ0n) is 15.0. The van der Waals surface area contributed by atoms with Gasteiger partial charge < -0.3 is 15.7 Å². The maximum absolute atomic E-state index is 13.1. The number of alkyl halides is 3. The van der Waals surface area contributed by atoms with Crippen LogP contribution in [0.3, 0.4) is 0 Å². The first kappa shape index (κ1) is 23.0. The molecule has 3 N–H and O–H groups in total. The van der Waals surface area contributed by atoms with Gasteiger partial charge in [0, 0.05) is 16.7 Å². The van der Waals surface area contributed by atoms with Gasteiger partial charge in [0.2, 0.25) is 11.5 Å². The molecule has 0 spiro atoms. The lowest BCUT2D eigenvalue weighted by Gasteiger charge is -2.25. The van der Waals surface area contributed by atoms with Crippen LogP contribution in [-0.4, -0.2) is 28.7 Å². The van der Waals surface area contributed by atoms with Gasteiger partial charge >= 0.3 is 6.18 Å². The molecular weight excluding hydrogens is 436 g/mol. The van der Waals surface area contributed by atoms with Crippen molar-refractivity contribution in [3.05, 3.63) is 47.2 Å². The SMILES string of the molecule is CC(=O)Nc1c(Sc2ccc(F)cc2)ccc(NC(=O)C(C)(O)C(F)(F)F)c1Cl. The molecule has 0 heterocycles. The summed E-state index contributed by atoms with van der Waals surface area (Å²) in [6, 6.07) is 8.07. The van der Waals surface area contributed by atoms with Crippen LogP contribution in [-0.2, 0) is 9.59 Å². The molecule has 0 aromatic heterocycles. The lowest BCUT2D eigenvalue weighted by atomic mass is 10.1. The minimum atomic E-state index is -5.21. The Balaban J connectivity index is 2.40. The summed E-state index contributed by atoms with van der Waals surface area (Å²) < 4.78 is 51.6. The number of amides is 2. The van der Waals surface area contributed by atoms with Gasteiger partial charge in [-0.3, -0.25) is 9.59 Å². The number of nitrogens with one attached hydrogen (secondary N) is 2. The van der Waals surface area contributed by atoms with Crippen molar-refractivity contribution in [2.24, 2.45) is 0 Å². The molecule has 0 aliphatic rings. The minimum Gasteiger partial charge on any atom is -0.373 e. The van der Waals surface area contributed by atoms with Crippen molar-refractivity contribution < 1.29 is 32.3 Å². The topological polar surface area (TPSA) is 78.4 Å². The lowest BCUT2D eigenvalue weighted by molar-refractivity contribution is -0.242. The Bertz CT molecular complexity index is 934. The predicted octanol–water partition coefficient (Wildman–Crippen LogP) is 4.84. The summed E-state index contributed by atoms with van der Waals surface area (Å²) in [5.74, 6) is -2.69. The molecule has 2 rings (SSSR count). The molecule has 1 atom stereocenters. The Hall–Kier alpha value is -2.30. The van der Waals surface area contributed by atoms with E-state index in [1.807, 2.05) is 5.32 Å². The Morgan fingerprint density at radius 1 is 1.07 bits per heavy atom. The normalized spacial score (nSPS) is 13.5. The van der Waals surface area contributed by atoms with E-state index in [2.05, 4.69) is 5.32 Å². The summed E-state index contributed by atoms with van der Waals surface area (Å²) in [5, 5.41) is 13.6. The van der Waals surface area contributed by atoms with Gasteiger partial charge in [-0.1, -0.05) is 23.4 Å². The van der Waals surface area contributed by atoms with E-state index in [4.69, 9.17) is 11.6 Å². The van der Waals surface area contributed by atoms with Crippen molar-refractivity contribution in [1.82, 2.24) is 0 Å². The number of rotatable bonds is 5. The van der Waals surface area contributed by atoms with Gasteiger partial charge in [0.15, 0.2) is 0 Å². The number of carbonyl (C=O) groups is 2. The molecule has 0 bridgehead atoms. The van der Waals surface area contributed by atoms with Gasteiger partial charge in [-0.05, 0) is 43.3 Å². The largest absolute Gasteiger partial charge is 0.426 e. The van der Waals surface area contributed by atoms with Gasteiger partial charge in [-0.2, -0.15) is 13.2 Å². The fourth-order valence-electron chi connectivity index (χ4n) is 2.03. The van der Waals surface area contributed by atoms with E-state index in [-0.39, 0.29) is 16.4 Å². The molecule has 0 fully saturated rings. The molecule has 2 aromatic rings. The molecule has 2 aromatic carbocycles. The summed E-state index contributed by atoms with van der Waals surface area (Å²) in [4.78, 5) is 24.4. The van der Waals surface area contributed by atoms with E-state index in [1.165, 1.54) is 43.3 Å². The Labute approximate surface area is 172 Å². The van der Waals surface area contributed by atoms with Crippen molar-refractivity contribution in [3.8, 4) is 0 Å². The smallest absolute Gasteiger partial charge is 0.373 e. The number of hydrogen-bond acceptors (Lipinski definition) is 4. The van der Waals surface area contributed by atoms with Crippen molar-refractivity contribution in [2.45, 2.75) is 35.4 Å². The van der Waals surface area contributed by atoms with Crippen LogP contribution in [0.2, 0.25) is 5.02 Å². The highest BCUT2D eigenvalue weighted by Crippen LogP contribution is 2.42. The van der Waals surface area contributed by atoms with Crippen LogP contribution < -0.4 is 10.6 Å². The Kier molecular flexibility index (Phi) is 6.82.